The minimum absolute atomic E-state index is 0.0929. The molecule has 1 fully saturated rings. The van der Waals surface area contributed by atoms with E-state index in [1.165, 1.54) is 18.6 Å². The standard InChI is InChI=1S/C13H18ClFN2/c1-2-9-4-3-5-17(8-9)13-7-11(15)10(14)6-12(13)16/h6-7,9H,2-5,8,16H2,1H3. The topological polar surface area (TPSA) is 29.3 Å². The third-order valence-electron chi connectivity index (χ3n) is 3.51. The highest BCUT2D eigenvalue weighted by atomic mass is 35.5. The van der Waals surface area contributed by atoms with Gasteiger partial charge in [-0.05, 0) is 24.8 Å². The number of hydrogen-bond acceptors (Lipinski definition) is 2. The van der Waals surface area contributed by atoms with E-state index in [1.54, 1.807) is 0 Å². The van der Waals surface area contributed by atoms with Crippen LogP contribution in [0.1, 0.15) is 26.2 Å². The van der Waals surface area contributed by atoms with Crippen LogP contribution in [0.4, 0.5) is 15.8 Å². The normalized spacial score (nSPS) is 20.6. The number of nitrogens with zero attached hydrogens (tertiary/aromatic N) is 1. The van der Waals surface area contributed by atoms with E-state index in [2.05, 4.69) is 11.8 Å². The molecule has 0 saturated carbocycles. The Hall–Kier alpha value is -0.960. The fourth-order valence-corrected chi connectivity index (χ4v) is 2.61. The first-order valence-electron chi connectivity index (χ1n) is 6.11. The number of nitrogen functional groups attached to an aromatic ring is 1. The van der Waals surface area contributed by atoms with Gasteiger partial charge in [-0.2, -0.15) is 0 Å². The van der Waals surface area contributed by atoms with Crippen molar-refractivity contribution in [2.75, 3.05) is 23.7 Å². The van der Waals surface area contributed by atoms with Crippen LogP contribution in [0.25, 0.3) is 0 Å². The first-order chi connectivity index (χ1) is 8.11. The number of hydrogen-bond donors (Lipinski definition) is 1. The molecule has 0 spiro atoms. The van der Waals surface area contributed by atoms with Gasteiger partial charge >= 0.3 is 0 Å². The average Bonchev–Trinajstić information content (AvgIpc) is 2.34. The minimum atomic E-state index is -0.394. The third-order valence-corrected chi connectivity index (χ3v) is 3.80. The summed E-state index contributed by atoms with van der Waals surface area (Å²) in [6.07, 6.45) is 3.55. The first kappa shape index (κ1) is 12.5. The Labute approximate surface area is 107 Å². The van der Waals surface area contributed by atoms with Gasteiger partial charge in [0.05, 0.1) is 16.4 Å². The highest BCUT2D eigenvalue weighted by Gasteiger charge is 2.21. The maximum atomic E-state index is 13.5. The second kappa shape index (κ2) is 5.13. The second-order valence-electron chi connectivity index (χ2n) is 4.69. The van der Waals surface area contributed by atoms with Gasteiger partial charge in [0.15, 0.2) is 0 Å². The Bertz CT molecular complexity index is 409. The highest BCUT2D eigenvalue weighted by Crippen LogP contribution is 2.32. The number of piperidine rings is 1. The quantitative estimate of drug-likeness (QED) is 0.818. The van der Waals surface area contributed by atoms with Crippen LogP contribution < -0.4 is 10.6 Å². The number of nitrogens with two attached hydrogens (primary N) is 1. The fourth-order valence-electron chi connectivity index (χ4n) is 2.44. The third kappa shape index (κ3) is 2.65. The Balaban J connectivity index is 2.24. The maximum Gasteiger partial charge on any atom is 0.144 e. The Morgan fingerprint density at radius 1 is 1.53 bits per heavy atom. The predicted molar refractivity (Wildman–Crippen MR) is 71.1 cm³/mol. The molecule has 94 valence electrons. The molecule has 1 saturated heterocycles. The Morgan fingerprint density at radius 3 is 3.00 bits per heavy atom. The zero-order valence-corrected chi connectivity index (χ0v) is 10.8. The summed E-state index contributed by atoms with van der Waals surface area (Å²) in [6.45, 7) is 4.10. The van der Waals surface area contributed by atoms with E-state index in [9.17, 15) is 4.39 Å². The van der Waals surface area contributed by atoms with Gasteiger partial charge in [-0.25, -0.2) is 4.39 Å². The lowest BCUT2D eigenvalue weighted by atomic mass is 9.95. The van der Waals surface area contributed by atoms with Crippen molar-refractivity contribution in [3.05, 3.63) is 23.0 Å². The summed E-state index contributed by atoms with van der Waals surface area (Å²) >= 11 is 5.71. The van der Waals surface area contributed by atoms with Crippen molar-refractivity contribution in [2.24, 2.45) is 5.92 Å². The van der Waals surface area contributed by atoms with Gasteiger partial charge in [0, 0.05) is 19.2 Å². The molecule has 0 radical (unpaired) electrons. The molecule has 1 aliphatic rings. The summed E-state index contributed by atoms with van der Waals surface area (Å²) < 4.78 is 13.5. The van der Waals surface area contributed by atoms with Crippen LogP contribution in [0.3, 0.4) is 0 Å². The van der Waals surface area contributed by atoms with E-state index < -0.39 is 5.82 Å². The van der Waals surface area contributed by atoms with Crippen molar-refractivity contribution in [2.45, 2.75) is 26.2 Å². The lowest BCUT2D eigenvalue weighted by molar-refractivity contribution is 0.404. The van der Waals surface area contributed by atoms with Crippen LogP contribution in [-0.4, -0.2) is 13.1 Å². The van der Waals surface area contributed by atoms with E-state index >= 15 is 0 Å². The SMILES string of the molecule is CCC1CCCN(c2cc(F)c(Cl)cc2N)C1. The predicted octanol–water partition coefficient (Wildman–Crippen LogP) is 3.69. The zero-order valence-electron chi connectivity index (χ0n) is 10.0. The molecule has 2 rings (SSSR count). The van der Waals surface area contributed by atoms with E-state index in [0.29, 0.717) is 11.6 Å². The van der Waals surface area contributed by atoms with Crippen molar-refractivity contribution in [1.29, 1.82) is 0 Å². The van der Waals surface area contributed by atoms with E-state index in [0.717, 1.165) is 31.6 Å². The maximum absolute atomic E-state index is 13.5. The van der Waals surface area contributed by atoms with Gasteiger partial charge in [-0.15, -0.1) is 0 Å². The van der Waals surface area contributed by atoms with Crippen molar-refractivity contribution in [1.82, 2.24) is 0 Å². The van der Waals surface area contributed by atoms with Gasteiger partial charge in [-0.3, -0.25) is 0 Å². The summed E-state index contributed by atoms with van der Waals surface area (Å²) in [6, 6.07) is 2.96. The van der Waals surface area contributed by atoms with Crippen LogP contribution in [0.2, 0.25) is 5.02 Å². The molecule has 1 heterocycles. The van der Waals surface area contributed by atoms with Crippen LogP contribution >= 0.6 is 11.6 Å². The van der Waals surface area contributed by atoms with Crippen LogP contribution in [-0.2, 0) is 0 Å². The number of anilines is 2. The van der Waals surface area contributed by atoms with Gasteiger partial charge in [0.25, 0.3) is 0 Å². The smallest absolute Gasteiger partial charge is 0.144 e. The molecular weight excluding hydrogens is 239 g/mol. The van der Waals surface area contributed by atoms with Gasteiger partial charge in [0.2, 0.25) is 0 Å². The molecule has 4 heteroatoms. The molecule has 1 aromatic rings. The molecule has 2 nitrogen and oxygen atoms in total. The van der Waals surface area contributed by atoms with E-state index in [-0.39, 0.29) is 5.02 Å². The van der Waals surface area contributed by atoms with Crippen LogP contribution in [0, 0.1) is 11.7 Å². The molecule has 0 amide bonds. The Kier molecular flexibility index (Phi) is 3.77. The van der Waals surface area contributed by atoms with Crippen molar-refractivity contribution in [3.63, 3.8) is 0 Å². The van der Waals surface area contributed by atoms with E-state index in [1.807, 2.05) is 0 Å². The molecule has 17 heavy (non-hydrogen) atoms. The first-order valence-corrected chi connectivity index (χ1v) is 6.49. The molecule has 0 aliphatic carbocycles. The average molecular weight is 257 g/mol. The minimum Gasteiger partial charge on any atom is -0.397 e. The summed E-state index contributed by atoms with van der Waals surface area (Å²) in [4.78, 5) is 2.17. The summed E-state index contributed by atoms with van der Waals surface area (Å²) in [7, 11) is 0. The highest BCUT2D eigenvalue weighted by molar-refractivity contribution is 6.31. The Morgan fingerprint density at radius 2 is 2.29 bits per heavy atom. The largest absolute Gasteiger partial charge is 0.397 e. The molecule has 1 atom stereocenters. The molecule has 0 bridgehead atoms. The van der Waals surface area contributed by atoms with Gasteiger partial charge < -0.3 is 10.6 Å². The number of rotatable bonds is 2. The number of benzene rings is 1. The molecule has 0 aromatic heterocycles. The van der Waals surface area contributed by atoms with Crippen molar-refractivity contribution >= 4 is 23.0 Å². The summed E-state index contributed by atoms with van der Waals surface area (Å²) in [5.74, 6) is 0.288. The monoisotopic (exact) mass is 256 g/mol. The molecule has 1 unspecified atom stereocenters. The van der Waals surface area contributed by atoms with Crippen LogP contribution in [0.5, 0.6) is 0 Å². The van der Waals surface area contributed by atoms with Crippen molar-refractivity contribution < 1.29 is 4.39 Å². The summed E-state index contributed by atoms with van der Waals surface area (Å²) in [5.41, 5.74) is 7.26. The zero-order chi connectivity index (χ0) is 12.4. The van der Waals surface area contributed by atoms with Gasteiger partial charge in [0.1, 0.15) is 5.82 Å². The molecule has 2 N–H and O–H groups in total. The summed E-state index contributed by atoms with van der Waals surface area (Å²) in [5, 5.41) is 0.0929. The number of halogens is 2. The van der Waals surface area contributed by atoms with Crippen molar-refractivity contribution in [3.8, 4) is 0 Å². The second-order valence-corrected chi connectivity index (χ2v) is 5.09. The van der Waals surface area contributed by atoms with E-state index in [4.69, 9.17) is 17.3 Å². The molecule has 1 aliphatic heterocycles. The molecule has 1 aromatic carbocycles. The van der Waals surface area contributed by atoms with Crippen LogP contribution in [0.15, 0.2) is 12.1 Å². The van der Waals surface area contributed by atoms with Gasteiger partial charge in [-0.1, -0.05) is 24.9 Å². The molecular formula is C13H18ClFN2. The lowest BCUT2D eigenvalue weighted by Crippen LogP contribution is -2.35. The lowest BCUT2D eigenvalue weighted by Gasteiger charge is -2.34. The fraction of sp³-hybridized carbons (Fsp3) is 0.538.